The van der Waals surface area contributed by atoms with Crippen LogP contribution in [0.2, 0.25) is 0 Å². The summed E-state index contributed by atoms with van der Waals surface area (Å²) < 4.78 is 12.0. The van der Waals surface area contributed by atoms with Crippen LogP contribution in [0.5, 0.6) is 0 Å². The number of carboxylic acid groups (broad SMARTS) is 1. The van der Waals surface area contributed by atoms with Crippen LogP contribution in [0, 0.1) is 29.6 Å². The highest BCUT2D eigenvalue weighted by Gasteiger charge is 2.43. The van der Waals surface area contributed by atoms with Gasteiger partial charge in [0.1, 0.15) is 6.04 Å². The molecule has 1 aromatic carbocycles. The van der Waals surface area contributed by atoms with Crippen LogP contribution in [-0.2, 0) is 39.9 Å². The molecule has 1 fully saturated rings. The Kier molecular flexibility index (Phi) is 22.3. The third-order valence-corrected chi connectivity index (χ3v) is 12.4. The molecule has 0 aromatic heterocycles. The second-order valence-corrected chi connectivity index (χ2v) is 17.8. The first-order chi connectivity index (χ1) is 27.8. The molecule has 13 heteroatoms. The summed E-state index contributed by atoms with van der Waals surface area (Å²) in [5.74, 6) is -3.18. The van der Waals surface area contributed by atoms with E-state index in [0.29, 0.717) is 25.4 Å². The zero-order valence-corrected chi connectivity index (χ0v) is 38.5. The molecule has 0 aliphatic carbocycles. The van der Waals surface area contributed by atoms with E-state index in [9.17, 15) is 29.1 Å². The number of carbonyl (C=O) groups is 5. The van der Waals surface area contributed by atoms with E-state index in [1.807, 2.05) is 51.2 Å². The molecule has 1 saturated heterocycles. The zero-order valence-electron chi connectivity index (χ0n) is 38.5. The summed E-state index contributed by atoms with van der Waals surface area (Å²) in [5, 5.41) is 16.1. The van der Waals surface area contributed by atoms with E-state index in [-0.39, 0.29) is 60.7 Å². The van der Waals surface area contributed by atoms with Gasteiger partial charge in [-0.2, -0.15) is 0 Å². The van der Waals surface area contributed by atoms with Crippen molar-refractivity contribution in [2.45, 2.75) is 150 Å². The van der Waals surface area contributed by atoms with Crippen molar-refractivity contribution in [3.63, 3.8) is 0 Å². The average molecular weight is 830 g/mol. The number of Topliss-reactive ketones (excluding diaryl/α,β-unsaturated/α-hetero) is 1. The van der Waals surface area contributed by atoms with Crippen LogP contribution < -0.4 is 10.6 Å². The Morgan fingerprint density at radius 3 is 2.08 bits per heavy atom. The Hall–Kier alpha value is -3.39. The first-order valence-corrected chi connectivity index (χ1v) is 22.0. The fourth-order valence-corrected chi connectivity index (χ4v) is 8.85. The number of methoxy groups -OCH3 is 2. The van der Waals surface area contributed by atoms with E-state index < -0.39 is 54.0 Å². The second-order valence-electron chi connectivity index (χ2n) is 17.8. The number of hydrogen-bond acceptors (Lipinski definition) is 9. The van der Waals surface area contributed by atoms with Crippen LogP contribution in [0.1, 0.15) is 106 Å². The van der Waals surface area contributed by atoms with Gasteiger partial charge in [0.15, 0.2) is 5.78 Å². The van der Waals surface area contributed by atoms with E-state index in [2.05, 4.69) is 57.1 Å². The number of aliphatic carboxylic acids is 1. The highest BCUT2D eigenvalue weighted by atomic mass is 16.5. The molecule has 1 heterocycles. The van der Waals surface area contributed by atoms with Gasteiger partial charge in [0.25, 0.3) is 0 Å². The molecular formula is C46H79N5O8. The van der Waals surface area contributed by atoms with Crippen molar-refractivity contribution in [3.8, 4) is 0 Å². The van der Waals surface area contributed by atoms with Gasteiger partial charge >= 0.3 is 5.97 Å². The molecule has 0 saturated carbocycles. The maximum atomic E-state index is 14.5. The molecule has 3 N–H and O–H groups in total. The van der Waals surface area contributed by atoms with Crippen LogP contribution in [0.3, 0.4) is 0 Å². The molecule has 9 atom stereocenters. The molecule has 0 spiro atoms. The SMILES string of the molecule is CC[C@H](C)C([C@@H](CC(=O)N1CCC[C@H]1[C@H](OC)[C@@H](C)C(=O)N[C@@H](Cc1ccccc1)C(=O)O)OC)N(C)C(=O)[C@@H](CC(=O)[C@H](C(C)C)N(C)CCCNC(C)C)C(C)C. The lowest BCUT2D eigenvalue weighted by Gasteiger charge is -2.41. The molecule has 1 aliphatic heterocycles. The van der Waals surface area contributed by atoms with Crippen LogP contribution in [0.15, 0.2) is 30.3 Å². The van der Waals surface area contributed by atoms with Crippen LogP contribution in [-0.4, -0.2) is 140 Å². The predicted molar refractivity (Wildman–Crippen MR) is 233 cm³/mol. The van der Waals surface area contributed by atoms with Gasteiger partial charge in [0.2, 0.25) is 17.7 Å². The van der Waals surface area contributed by atoms with Crippen molar-refractivity contribution in [1.29, 1.82) is 0 Å². The fraction of sp³-hybridized carbons (Fsp3) is 0.761. The Labute approximate surface area is 355 Å². The molecule has 0 radical (unpaired) electrons. The number of likely N-dealkylation sites (tertiary alicyclic amines) is 1. The number of carboxylic acids is 1. The van der Waals surface area contributed by atoms with Crippen molar-refractivity contribution < 1.29 is 38.6 Å². The Morgan fingerprint density at radius 2 is 1.56 bits per heavy atom. The molecule has 0 bridgehead atoms. The maximum absolute atomic E-state index is 14.5. The van der Waals surface area contributed by atoms with E-state index in [1.54, 1.807) is 30.9 Å². The minimum atomic E-state index is -1.13. The minimum absolute atomic E-state index is 0.00592. The maximum Gasteiger partial charge on any atom is 0.326 e. The molecular weight excluding hydrogens is 751 g/mol. The molecule has 1 aromatic rings. The van der Waals surface area contributed by atoms with Crippen molar-refractivity contribution in [3.05, 3.63) is 35.9 Å². The van der Waals surface area contributed by atoms with Gasteiger partial charge < -0.3 is 35.0 Å². The lowest BCUT2D eigenvalue weighted by atomic mass is 9.83. The highest BCUT2D eigenvalue weighted by Crippen LogP contribution is 2.31. The molecule has 59 heavy (non-hydrogen) atoms. The molecule has 3 amide bonds. The summed E-state index contributed by atoms with van der Waals surface area (Å²) in [4.78, 5) is 74.2. The summed E-state index contributed by atoms with van der Waals surface area (Å²) in [6, 6.07) is 7.22. The van der Waals surface area contributed by atoms with Gasteiger partial charge in [-0.15, -0.1) is 0 Å². The molecule has 1 unspecified atom stereocenters. The third-order valence-electron chi connectivity index (χ3n) is 12.4. The lowest BCUT2D eigenvalue weighted by Crippen LogP contribution is -2.55. The van der Waals surface area contributed by atoms with Crippen LogP contribution >= 0.6 is 0 Å². The summed E-state index contributed by atoms with van der Waals surface area (Å²) in [6.45, 7) is 20.2. The molecule has 1 aliphatic rings. The number of amides is 3. The largest absolute Gasteiger partial charge is 0.480 e. The Morgan fingerprint density at radius 1 is 0.915 bits per heavy atom. The standard InChI is InChI=1S/C46H79N5O8/c1-14-32(8)42(50(11)45(55)35(29(2)3)27-38(52)41(30(4)5)49(10)24-19-23-47-31(6)7)39(58-12)28-40(53)51-25-18-22-37(51)43(59-13)33(9)44(54)48-36(46(56)57)26-34-20-16-15-17-21-34/h15-17,20-21,29-33,35-37,39,41-43,47H,14,18-19,22-28H2,1-13H3,(H,48,54)(H,56,57)/t32-,33+,35-,36-,37-,39+,41-,42?,43+/m0/s1. The van der Waals surface area contributed by atoms with E-state index in [0.717, 1.165) is 31.5 Å². The topological polar surface area (TPSA) is 158 Å². The number of ether oxygens (including phenoxy) is 2. The number of benzene rings is 1. The number of nitrogens with one attached hydrogen (secondary N) is 2. The van der Waals surface area contributed by atoms with Gasteiger partial charge in [0, 0.05) is 52.6 Å². The van der Waals surface area contributed by atoms with Gasteiger partial charge in [-0.1, -0.05) is 99.1 Å². The number of rotatable bonds is 27. The van der Waals surface area contributed by atoms with Gasteiger partial charge in [-0.05, 0) is 62.7 Å². The Bertz CT molecular complexity index is 1460. The Balaban J connectivity index is 2.26. The summed E-state index contributed by atoms with van der Waals surface area (Å²) in [5.41, 5.74) is 0.789. The predicted octanol–water partition coefficient (Wildman–Crippen LogP) is 5.29. The minimum Gasteiger partial charge on any atom is -0.480 e. The molecule has 336 valence electrons. The van der Waals surface area contributed by atoms with Crippen molar-refractivity contribution >= 4 is 29.5 Å². The first kappa shape index (κ1) is 51.8. The summed E-state index contributed by atoms with van der Waals surface area (Å²) >= 11 is 0. The van der Waals surface area contributed by atoms with E-state index in [4.69, 9.17) is 9.47 Å². The smallest absolute Gasteiger partial charge is 0.326 e. The number of likely N-dealkylation sites (N-methyl/N-ethyl adjacent to an activating group) is 2. The van der Waals surface area contributed by atoms with E-state index in [1.165, 1.54) is 7.11 Å². The summed E-state index contributed by atoms with van der Waals surface area (Å²) in [7, 11) is 6.83. The fourth-order valence-electron chi connectivity index (χ4n) is 8.85. The van der Waals surface area contributed by atoms with E-state index >= 15 is 0 Å². The first-order valence-electron chi connectivity index (χ1n) is 22.0. The number of carbonyl (C=O) groups excluding carboxylic acids is 4. The van der Waals surface area contributed by atoms with Crippen molar-refractivity contribution in [2.24, 2.45) is 29.6 Å². The number of nitrogens with zero attached hydrogens (tertiary/aromatic N) is 3. The molecule has 13 nitrogen and oxygen atoms in total. The van der Waals surface area contributed by atoms with Gasteiger partial charge in [0.05, 0.1) is 42.7 Å². The normalized spacial score (nSPS) is 18.7. The van der Waals surface area contributed by atoms with Crippen molar-refractivity contribution in [1.82, 2.24) is 25.3 Å². The highest BCUT2D eigenvalue weighted by molar-refractivity contribution is 5.90. The van der Waals surface area contributed by atoms with Gasteiger partial charge in [-0.3, -0.25) is 24.1 Å². The average Bonchev–Trinajstić information content (AvgIpc) is 3.67. The van der Waals surface area contributed by atoms with Crippen LogP contribution in [0.4, 0.5) is 0 Å². The second kappa shape index (κ2) is 25.4. The van der Waals surface area contributed by atoms with Gasteiger partial charge in [-0.25, -0.2) is 4.79 Å². The monoisotopic (exact) mass is 830 g/mol. The zero-order chi connectivity index (χ0) is 44.6. The number of ketones is 1. The van der Waals surface area contributed by atoms with Crippen LogP contribution in [0.25, 0.3) is 0 Å². The quantitative estimate of drug-likeness (QED) is 0.0996. The third kappa shape index (κ3) is 15.2. The lowest BCUT2D eigenvalue weighted by molar-refractivity contribution is -0.149. The van der Waals surface area contributed by atoms with Crippen molar-refractivity contribution in [2.75, 3.05) is 47.9 Å². The molecule has 2 rings (SSSR count). The number of hydrogen-bond donors (Lipinski definition) is 3. The summed E-state index contributed by atoms with van der Waals surface area (Å²) in [6.07, 6.45) is 1.92.